The summed E-state index contributed by atoms with van der Waals surface area (Å²) in [5.41, 5.74) is 9.12. The van der Waals surface area contributed by atoms with Gasteiger partial charge >= 0.3 is 0 Å². The number of rotatable bonds is 1. The van der Waals surface area contributed by atoms with Crippen LogP contribution in [0.4, 0.5) is 11.8 Å². The Kier molecular flexibility index (Phi) is 3.96. The number of anilines is 2. The second-order valence-electron chi connectivity index (χ2n) is 10.0. The quantitative estimate of drug-likeness (QED) is 0.815. The van der Waals surface area contributed by atoms with Crippen LogP contribution in [0.2, 0.25) is 0 Å². The molecular formula is C21H31N5S. The zero-order chi connectivity index (χ0) is 18.9. The molecule has 27 heavy (non-hydrogen) atoms. The molecule has 3 atom stereocenters. The van der Waals surface area contributed by atoms with Crippen LogP contribution in [0.1, 0.15) is 37.6 Å². The number of aromatic nitrogens is 2. The summed E-state index contributed by atoms with van der Waals surface area (Å²) >= 11 is 1.93. The first kappa shape index (κ1) is 17.7. The van der Waals surface area contributed by atoms with E-state index < -0.39 is 0 Å². The monoisotopic (exact) mass is 385 g/mol. The normalized spacial score (nSPS) is 28.7. The number of hydrogen-bond donors (Lipinski definition) is 1. The van der Waals surface area contributed by atoms with E-state index in [1.54, 1.807) is 0 Å². The molecule has 1 aliphatic carbocycles. The highest BCUT2D eigenvalue weighted by Gasteiger charge is 2.40. The Hall–Kier alpha value is -1.40. The average Bonchev–Trinajstić information content (AvgIpc) is 3.23. The molecule has 0 amide bonds. The predicted octanol–water partition coefficient (Wildman–Crippen LogP) is 3.42. The molecule has 2 aromatic rings. The van der Waals surface area contributed by atoms with Gasteiger partial charge in [0.05, 0.1) is 10.2 Å². The first-order valence-electron chi connectivity index (χ1n) is 10.3. The van der Waals surface area contributed by atoms with Gasteiger partial charge in [-0.2, -0.15) is 4.98 Å². The number of thiophene rings is 1. The van der Waals surface area contributed by atoms with Crippen LogP contribution in [-0.4, -0.2) is 48.1 Å². The highest BCUT2D eigenvalue weighted by atomic mass is 32.1. The fourth-order valence-electron chi connectivity index (χ4n) is 5.49. The summed E-state index contributed by atoms with van der Waals surface area (Å²) in [6.45, 7) is 11.7. The third kappa shape index (κ3) is 2.92. The van der Waals surface area contributed by atoms with Crippen molar-refractivity contribution in [1.82, 2.24) is 14.9 Å². The van der Waals surface area contributed by atoms with Crippen LogP contribution in [0.15, 0.2) is 0 Å². The van der Waals surface area contributed by atoms with E-state index in [2.05, 4.69) is 37.6 Å². The minimum Gasteiger partial charge on any atom is -0.368 e. The maximum atomic E-state index is 6.19. The van der Waals surface area contributed by atoms with E-state index in [1.807, 2.05) is 11.3 Å². The van der Waals surface area contributed by atoms with Gasteiger partial charge in [0.25, 0.3) is 0 Å². The fourth-order valence-corrected chi connectivity index (χ4v) is 6.79. The lowest BCUT2D eigenvalue weighted by Crippen LogP contribution is -2.27. The molecule has 5 rings (SSSR count). The van der Waals surface area contributed by atoms with E-state index in [-0.39, 0.29) is 0 Å². The fraction of sp³-hybridized carbons (Fsp3) is 0.714. The van der Waals surface area contributed by atoms with Crippen LogP contribution >= 0.6 is 11.3 Å². The minimum atomic E-state index is 0.339. The summed E-state index contributed by atoms with van der Waals surface area (Å²) in [5.74, 6) is 3.78. The molecule has 2 fully saturated rings. The molecule has 3 aliphatic rings. The number of nitrogens with zero attached hydrogens (tertiary/aromatic N) is 4. The van der Waals surface area contributed by atoms with Crippen LogP contribution in [-0.2, 0) is 12.8 Å². The predicted molar refractivity (Wildman–Crippen MR) is 113 cm³/mol. The van der Waals surface area contributed by atoms with Crippen molar-refractivity contribution in [3.8, 4) is 0 Å². The summed E-state index contributed by atoms with van der Waals surface area (Å²) in [5, 5.41) is 0. The van der Waals surface area contributed by atoms with E-state index >= 15 is 0 Å². The Bertz CT molecular complexity index is 869. The van der Waals surface area contributed by atoms with E-state index in [4.69, 9.17) is 15.7 Å². The molecule has 0 spiro atoms. The topological polar surface area (TPSA) is 58.3 Å². The molecule has 0 aromatic carbocycles. The van der Waals surface area contributed by atoms with Crippen molar-refractivity contribution in [2.75, 3.05) is 43.9 Å². The summed E-state index contributed by atoms with van der Waals surface area (Å²) in [4.78, 5) is 15.9. The van der Waals surface area contributed by atoms with Crippen LogP contribution in [0, 0.1) is 23.2 Å². The van der Waals surface area contributed by atoms with E-state index in [9.17, 15) is 0 Å². The number of nitrogens with two attached hydrogens (primary N) is 1. The lowest BCUT2D eigenvalue weighted by atomic mass is 9.72. The van der Waals surface area contributed by atoms with Gasteiger partial charge in [-0.05, 0) is 55.0 Å². The summed E-state index contributed by atoms with van der Waals surface area (Å²) in [7, 11) is 2.24. The third-order valence-electron chi connectivity index (χ3n) is 7.08. The summed E-state index contributed by atoms with van der Waals surface area (Å²) < 4.78 is 1.28. The molecule has 0 saturated carbocycles. The Morgan fingerprint density at radius 2 is 1.78 bits per heavy atom. The lowest BCUT2D eigenvalue weighted by molar-refractivity contribution is 0.217. The van der Waals surface area contributed by atoms with Crippen molar-refractivity contribution in [3.63, 3.8) is 0 Å². The smallest absolute Gasteiger partial charge is 0.222 e. The summed E-state index contributed by atoms with van der Waals surface area (Å²) in [6, 6.07) is 0. The van der Waals surface area contributed by atoms with Gasteiger partial charge in [-0.3, -0.25) is 0 Å². The maximum Gasteiger partial charge on any atom is 0.222 e. The second kappa shape index (κ2) is 6.05. The molecule has 2 saturated heterocycles. The molecule has 0 bridgehead atoms. The van der Waals surface area contributed by atoms with Crippen LogP contribution in [0.3, 0.4) is 0 Å². The van der Waals surface area contributed by atoms with Gasteiger partial charge in [0.1, 0.15) is 0 Å². The Balaban J connectivity index is 1.53. The third-order valence-corrected chi connectivity index (χ3v) is 8.35. The minimum absolute atomic E-state index is 0.339. The van der Waals surface area contributed by atoms with Gasteiger partial charge in [-0.25, -0.2) is 4.98 Å². The van der Waals surface area contributed by atoms with Crippen molar-refractivity contribution < 1.29 is 0 Å². The summed E-state index contributed by atoms with van der Waals surface area (Å²) in [6.07, 6.45) is 3.58. The van der Waals surface area contributed by atoms with Gasteiger partial charge in [0, 0.05) is 31.1 Å². The number of aryl methyl sites for hydroxylation is 1. The molecule has 4 heterocycles. The van der Waals surface area contributed by atoms with Crippen molar-refractivity contribution in [2.24, 2.45) is 23.2 Å². The number of likely N-dealkylation sites (tertiary alicyclic amines) is 1. The zero-order valence-electron chi connectivity index (χ0n) is 17.0. The van der Waals surface area contributed by atoms with Gasteiger partial charge in [-0.1, -0.05) is 20.8 Å². The van der Waals surface area contributed by atoms with E-state index in [0.29, 0.717) is 17.3 Å². The standard InChI is InChI=1S/C21H31N5S/c1-21(2,3)14-5-6-16-15(7-14)17-18(27-16)19(24-20(22)23-17)26-10-12-8-25(4)9-13(12)11-26/h12-14H,5-11H2,1-4H3,(H2,22,23,24)/t12-,13?,14?/m0/s1. The molecule has 2 unspecified atom stereocenters. The van der Waals surface area contributed by atoms with Crippen molar-refractivity contribution in [3.05, 3.63) is 10.4 Å². The average molecular weight is 386 g/mol. The molecule has 2 aliphatic heterocycles. The lowest BCUT2D eigenvalue weighted by Gasteiger charge is -2.33. The van der Waals surface area contributed by atoms with E-state index in [0.717, 1.165) is 42.7 Å². The van der Waals surface area contributed by atoms with Crippen LogP contribution < -0.4 is 10.6 Å². The number of nitrogen functional groups attached to an aromatic ring is 1. The Labute approximate surface area is 166 Å². The molecule has 146 valence electrons. The molecule has 2 aromatic heterocycles. The van der Waals surface area contributed by atoms with Gasteiger partial charge < -0.3 is 15.5 Å². The molecule has 2 N–H and O–H groups in total. The van der Waals surface area contributed by atoms with Gasteiger partial charge in [0.2, 0.25) is 5.95 Å². The highest BCUT2D eigenvalue weighted by Crippen LogP contribution is 2.46. The molecule has 0 radical (unpaired) electrons. The Morgan fingerprint density at radius 1 is 1.07 bits per heavy atom. The highest BCUT2D eigenvalue weighted by molar-refractivity contribution is 7.19. The van der Waals surface area contributed by atoms with Crippen molar-refractivity contribution in [2.45, 2.75) is 40.0 Å². The van der Waals surface area contributed by atoms with E-state index in [1.165, 1.54) is 41.1 Å². The first-order valence-corrected chi connectivity index (χ1v) is 11.1. The zero-order valence-corrected chi connectivity index (χ0v) is 17.8. The number of hydrogen-bond acceptors (Lipinski definition) is 6. The van der Waals surface area contributed by atoms with Crippen LogP contribution in [0.25, 0.3) is 10.2 Å². The Morgan fingerprint density at radius 3 is 2.44 bits per heavy atom. The second-order valence-corrected chi connectivity index (χ2v) is 11.1. The van der Waals surface area contributed by atoms with Crippen molar-refractivity contribution in [1.29, 1.82) is 0 Å². The van der Waals surface area contributed by atoms with Gasteiger partial charge in [-0.15, -0.1) is 11.3 Å². The maximum absolute atomic E-state index is 6.19. The molecule has 5 nitrogen and oxygen atoms in total. The van der Waals surface area contributed by atoms with Gasteiger partial charge in [0.15, 0.2) is 5.82 Å². The molecular weight excluding hydrogens is 354 g/mol. The van der Waals surface area contributed by atoms with Crippen molar-refractivity contribution >= 4 is 33.3 Å². The SMILES string of the molecule is CN1CC2CN(c3nc(N)nc4c5c(sc34)CCC(C(C)(C)C)C5)C[C@@H]2C1. The largest absolute Gasteiger partial charge is 0.368 e. The molecule has 6 heteroatoms. The van der Waals surface area contributed by atoms with Crippen LogP contribution in [0.5, 0.6) is 0 Å². The number of fused-ring (bicyclic) bond motifs is 4. The first-order chi connectivity index (χ1) is 12.8.